The van der Waals surface area contributed by atoms with Gasteiger partial charge in [0.1, 0.15) is 11.5 Å². The standard InChI is InChI=1S/C19H12N2O3S/c22-16-9-17(12-5-2-1-3-6-12)24-18-13(16)7-4-8-14(18)21-19(23)15-10-25-11-20-15/h1-11H,(H,21,23). The number of carbonyl (C=O) groups is 1. The van der Waals surface area contributed by atoms with Crippen LogP contribution in [0.3, 0.4) is 0 Å². The van der Waals surface area contributed by atoms with Crippen molar-refractivity contribution in [1.29, 1.82) is 0 Å². The fraction of sp³-hybridized carbons (Fsp3) is 0. The third kappa shape index (κ3) is 2.95. The highest BCUT2D eigenvalue weighted by Gasteiger charge is 2.14. The maximum atomic E-state index is 12.5. The van der Waals surface area contributed by atoms with E-state index in [1.807, 2.05) is 30.3 Å². The Labute approximate surface area is 146 Å². The minimum absolute atomic E-state index is 0.162. The molecule has 2 heterocycles. The van der Waals surface area contributed by atoms with E-state index in [1.165, 1.54) is 17.4 Å². The van der Waals surface area contributed by atoms with E-state index in [1.54, 1.807) is 29.1 Å². The Morgan fingerprint density at radius 3 is 2.68 bits per heavy atom. The van der Waals surface area contributed by atoms with Gasteiger partial charge in [-0.15, -0.1) is 11.3 Å². The average molecular weight is 348 g/mol. The lowest BCUT2D eigenvalue weighted by molar-refractivity contribution is 0.102. The normalized spacial score (nSPS) is 10.7. The third-order valence-corrected chi connectivity index (χ3v) is 4.31. The summed E-state index contributed by atoms with van der Waals surface area (Å²) in [5.41, 5.74) is 3.32. The van der Waals surface area contributed by atoms with Crippen molar-refractivity contribution >= 4 is 33.9 Å². The first-order valence-corrected chi connectivity index (χ1v) is 8.48. The van der Waals surface area contributed by atoms with Crippen LogP contribution >= 0.6 is 11.3 Å². The molecule has 1 amide bonds. The van der Waals surface area contributed by atoms with Crippen LogP contribution in [0.15, 0.2) is 74.7 Å². The lowest BCUT2D eigenvalue weighted by Crippen LogP contribution is -2.13. The van der Waals surface area contributed by atoms with Crippen LogP contribution in [-0.4, -0.2) is 10.9 Å². The van der Waals surface area contributed by atoms with E-state index in [0.717, 1.165) is 5.56 Å². The van der Waals surface area contributed by atoms with Crippen LogP contribution in [0.4, 0.5) is 5.69 Å². The lowest BCUT2D eigenvalue weighted by atomic mass is 10.1. The number of aromatic nitrogens is 1. The van der Waals surface area contributed by atoms with Gasteiger partial charge in [-0.1, -0.05) is 36.4 Å². The topological polar surface area (TPSA) is 72.2 Å². The van der Waals surface area contributed by atoms with Gasteiger partial charge in [0.25, 0.3) is 5.91 Å². The molecular weight excluding hydrogens is 336 g/mol. The minimum Gasteiger partial charge on any atom is -0.454 e. The molecule has 4 aromatic rings. The molecule has 5 nitrogen and oxygen atoms in total. The van der Waals surface area contributed by atoms with E-state index < -0.39 is 0 Å². The molecule has 1 N–H and O–H groups in total. The van der Waals surface area contributed by atoms with Crippen LogP contribution in [0, 0.1) is 0 Å². The number of carbonyl (C=O) groups excluding carboxylic acids is 1. The summed E-state index contributed by atoms with van der Waals surface area (Å²) in [5.74, 6) is 0.106. The van der Waals surface area contributed by atoms with Crippen molar-refractivity contribution in [2.75, 3.05) is 5.32 Å². The van der Waals surface area contributed by atoms with E-state index in [0.29, 0.717) is 28.1 Å². The summed E-state index contributed by atoms with van der Waals surface area (Å²) >= 11 is 1.34. The molecule has 0 radical (unpaired) electrons. The molecule has 2 aromatic heterocycles. The van der Waals surface area contributed by atoms with E-state index in [9.17, 15) is 9.59 Å². The van der Waals surface area contributed by atoms with Crippen LogP contribution in [0.1, 0.15) is 10.5 Å². The van der Waals surface area contributed by atoms with Gasteiger partial charge in [-0.2, -0.15) is 0 Å². The zero-order chi connectivity index (χ0) is 17.2. The second kappa shape index (κ2) is 6.33. The Morgan fingerprint density at radius 1 is 1.08 bits per heavy atom. The van der Waals surface area contributed by atoms with Crippen LogP contribution < -0.4 is 10.7 Å². The highest BCUT2D eigenvalue weighted by molar-refractivity contribution is 7.07. The van der Waals surface area contributed by atoms with Gasteiger partial charge in [0.2, 0.25) is 0 Å². The molecule has 25 heavy (non-hydrogen) atoms. The largest absolute Gasteiger partial charge is 0.454 e. The number of hydrogen-bond acceptors (Lipinski definition) is 5. The average Bonchev–Trinajstić information content (AvgIpc) is 3.18. The van der Waals surface area contributed by atoms with E-state index in [4.69, 9.17) is 4.42 Å². The summed E-state index contributed by atoms with van der Waals surface area (Å²) in [6, 6.07) is 15.9. The number of amides is 1. The molecular formula is C19H12N2O3S. The number of nitrogens with one attached hydrogen (secondary N) is 1. The SMILES string of the molecule is O=C(Nc1cccc2c(=O)cc(-c3ccccc3)oc12)c1cscn1. The quantitative estimate of drug-likeness (QED) is 0.603. The van der Waals surface area contributed by atoms with Crippen LogP contribution in [0.5, 0.6) is 0 Å². The maximum Gasteiger partial charge on any atom is 0.275 e. The molecule has 0 saturated carbocycles. The third-order valence-electron chi connectivity index (χ3n) is 3.73. The van der Waals surface area contributed by atoms with E-state index in [-0.39, 0.29) is 11.3 Å². The molecule has 4 rings (SSSR count). The van der Waals surface area contributed by atoms with Gasteiger partial charge in [0, 0.05) is 17.0 Å². The molecule has 0 saturated heterocycles. The van der Waals surface area contributed by atoms with Gasteiger partial charge in [-0.3, -0.25) is 9.59 Å². The summed E-state index contributed by atoms with van der Waals surface area (Å²) in [6.45, 7) is 0. The monoisotopic (exact) mass is 348 g/mol. The number of thiazole rings is 1. The van der Waals surface area contributed by atoms with Crippen LogP contribution in [-0.2, 0) is 0 Å². The number of hydrogen-bond donors (Lipinski definition) is 1. The summed E-state index contributed by atoms with van der Waals surface area (Å²) in [4.78, 5) is 28.7. The van der Waals surface area contributed by atoms with Crippen molar-refractivity contribution in [1.82, 2.24) is 4.98 Å². The Morgan fingerprint density at radius 2 is 1.92 bits per heavy atom. The molecule has 0 aliphatic carbocycles. The first kappa shape index (κ1) is 15.3. The summed E-state index contributed by atoms with van der Waals surface area (Å²) < 4.78 is 5.95. The van der Waals surface area contributed by atoms with Crippen molar-refractivity contribution in [2.45, 2.75) is 0 Å². The number of nitrogens with zero attached hydrogens (tertiary/aromatic N) is 1. The molecule has 2 aromatic carbocycles. The van der Waals surface area contributed by atoms with Gasteiger partial charge in [0.05, 0.1) is 16.6 Å². The Bertz CT molecular complexity index is 1100. The second-order valence-corrected chi connectivity index (χ2v) is 6.07. The highest BCUT2D eigenvalue weighted by Crippen LogP contribution is 2.27. The van der Waals surface area contributed by atoms with Crippen molar-refractivity contribution < 1.29 is 9.21 Å². The number of benzene rings is 2. The molecule has 0 atom stereocenters. The van der Waals surface area contributed by atoms with Gasteiger partial charge in [-0.05, 0) is 12.1 Å². The molecule has 0 bridgehead atoms. The fourth-order valence-corrected chi connectivity index (χ4v) is 3.06. The molecule has 0 unspecified atom stereocenters. The lowest BCUT2D eigenvalue weighted by Gasteiger charge is -2.08. The Hall–Kier alpha value is -3.25. The van der Waals surface area contributed by atoms with Crippen molar-refractivity contribution in [2.24, 2.45) is 0 Å². The number of para-hydroxylation sites is 1. The first-order chi connectivity index (χ1) is 12.2. The summed E-state index contributed by atoms with van der Waals surface area (Å²) in [7, 11) is 0. The molecule has 6 heteroatoms. The fourth-order valence-electron chi connectivity index (χ4n) is 2.53. The van der Waals surface area contributed by atoms with Gasteiger partial charge in [-0.25, -0.2) is 4.98 Å². The molecule has 0 spiro atoms. The van der Waals surface area contributed by atoms with Crippen LogP contribution in [0.2, 0.25) is 0 Å². The van der Waals surface area contributed by atoms with Crippen molar-refractivity contribution in [3.63, 3.8) is 0 Å². The first-order valence-electron chi connectivity index (χ1n) is 7.54. The summed E-state index contributed by atoms with van der Waals surface area (Å²) in [6.07, 6.45) is 0. The second-order valence-electron chi connectivity index (χ2n) is 5.35. The predicted octanol–water partition coefficient (Wildman–Crippen LogP) is 4.17. The number of fused-ring (bicyclic) bond motifs is 1. The summed E-state index contributed by atoms with van der Waals surface area (Å²) in [5, 5.41) is 4.84. The predicted molar refractivity (Wildman–Crippen MR) is 98.0 cm³/mol. The molecule has 122 valence electrons. The number of anilines is 1. The van der Waals surface area contributed by atoms with E-state index in [2.05, 4.69) is 10.3 Å². The smallest absolute Gasteiger partial charge is 0.275 e. The zero-order valence-corrected chi connectivity index (χ0v) is 13.7. The van der Waals surface area contributed by atoms with Gasteiger partial charge in [0.15, 0.2) is 11.0 Å². The minimum atomic E-state index is -0.346. The molecule has 0 fully saturated rings. The van der Waals surface area contributed by atoms with Gasteiger partial charge >= 0.3 is 0 Å². The maximum absolute atomic E-state index is 12.5. The van der Waals surface area contributed by atoms with Crippen LogP contribution in [0.25, 0.3) is 22.3 Å². The zero-order valence-electron chi connectivity index (χ0n) is 12.9. The van der Waals surface area contributed by atoms with E-state index >= 15 is 0 Å². The number of rotatable bonds is 3. The molecule has 0 aliphatic heterocycles. The highest BCUT2D eigenvalue weighted by atomic mass is 32.1. The van der Waals surface area contributed by atoms with Crippen molar-refractivity contribution in [3.8, 4) is 11.3 Å². The Balaban J connectivity index is 1.83. The van der Waals surface area contributed by atoms with Crippen molar-refractivity contribution in [3.05, 3.63) is 81.4 Å². The Kier molecular flexibility index (Phi) is 3.87. The molecule has 0 aliphatic rings. The van der Waals surface area contributed by atoms with Gasteiger partial charge < -0.3 is 9.73 Å².